The predicted octanol–water partition coefficient (Wildman–Crippen LogP) is 21.5. The van der Waals surface area contributed by atoms with Crippen molar-refractivity contribution >= 4 is 49.2 Å². The smallest absolute Gasteiger partial charge is 0.164 e. The number of hydrogen-bond acceptors (Lipinski definition) is 3. The molecule has 0 aliphatic heterocycles. The van der Waals surface area contributed by atoms with E-state index in [4.69, 9.17) is 15.0 Å². The number of rotatable bonds is 11. The molecule has 0 amide bonds. The van der Waals surface area contributed by atoms with Gasteiger partial charge in [0, 0.05) is 49.6 Å². The van der Waals surface area contributed by atoms with Crippen LogP contribution in [0.4, 0.5) is 0 Å². The molecule has 0 radical (unpaired) electrons. The van der Waals surface area contributed by atoms with E-state index in [1.165, 1.54) is 133 Å². The van der Waals surface area contributed by atoms with Crippen molar-refractivity contribution in [2.45, 2.75) is 83.1 Å². The van der Waals surface area contributed by atoms with Crippen molar-refractivity contribution in [3.05, 3.63) is 274 Å². The van der Waals surface area contributed by atoms with Crippen LogP contribution in [0.3, 0.4) is 0 Å². The van der Waals surface area contributed by atoms with Gasteiger partial charge in [-0.3, -0.25) is 0 Å². The second-order valence-electron chi connectivity index (χ2n) is 24.2. The molecule has 13 aromatic rings. The lowest BCUT2D eigenvalue weighted by Gasteiger charge is -2.18. The molecule has 0 aliphatic carbocycles. The minimum absolute atomic E-state index is 0.483. The van der Waals surface area contributed by atoms with E-state index in [9.17, 15) is 0 Å². The Kier molecular flexibility index (Phi) is 13.9. The highest BCUT2D eigenvalue weighted by Crippen LogP contribution is 2.44. The number of benzene rings is 10. The number of aromatic nitrogens is 5. The van der Waals surface area contributed by atoms with Gasteiger partial charge in [-0.2, -0.15) is 0 Å². The van der Waals surface area contributed by atoms with Gasteiger partial charge in [0.15, 0.2) is 17.5 Å². The van der Waals surface area contributed by atoms with E-state index >= 15 is 0 Å². The van der Waals surface area contributed by atoms with Crippen LogP contribution < -0.4 is 0 Å². The van der Waals surface area contributed by atoms with Crippen LogP contribution in [0.2, 0.25) is 0 Å². The molecule has 3 heterocycles. The lowest BCUT2D eigenvalue weighted by molar-refractivity contribution is 1.03. The fourth-order valence-electron chi connectivity index (χ4n) is 14.4. The number of nitrogens with zero attached hydrogens (tertiary/aromatic N) is 5. The van der Waals surface area contributed by atoms with Crippen molar-refractivity contribution in [3.8, 4) is 78.7 Å². The summed E-state index contributed by atoms with van der Waals surface area (Å²) in [5.74, 6) is 1.57. The Morgan fingerprint density at radius 3 is 0.965 bits per heavy atom. The summed E-state index contributed by atoms with van der Waals surface area (Å²) < 4.78 is 4.99. The van der Waals surface area contributed by atoms with Crippen molar-refractivity contribution in [1.82, 2.24) is 24.1 Å². The van der Waals surface area contributed by atoms with Crippen molar-refractivity contribution < 1.29 is 0 Å². The Bertz CT molecular complexity index is 4460. The second kappa shape index (κ2) is 21.6. The summed E-state index contributed by atoms with van der Waals surface area (Å²) in [5, 5.41) is 4.67. The largest absolute Gasteiger partial charge is 0.309 e. The topological polar surface area (TPSA) is 48.5 Å². The van der Waals surface area contributed by atoms with Gasteiger partial charge in [-0.25, -0.2) is 15.0 Å². The molecule has 10 aromatic carbocycles. The van der Waals surface area contributed by atoms with Crippen LogP contribution in [0.25, 0.3) is 128 Å². The lowest BCUT2D eigenvalue weighted by atomic mass is 9.92. The molecular weight excluding hydrogens is 1040 g/mol. The first kappa shape index (κ1) is 55.2. The quantitative estimate of drug-likeness (QED) is 0.121. The molecule has 3 aromatic heterocycles. The number of aryl methyl sites for hydroxylation is 12. The van der Waals surface area contributed by atoms with Gasteiger partial charge in [-0.1, -0.05) is 181 Å². The highest BCUT2D eigenvalue weighted by atomic mass is 15.0. The number of fused-ring (bicyclic) bond motifs is 6. The molecule has 0 unspecified atom stereocenters. The van der Waals surface area contributed by atoms with E-state index in [0.29, 0.717) is 23.0 Å². The molecule has 0 saturated carbocycles. The summed E-state index contributed by atoms with van der Waals surface area (Å²) in [5.41, 5.74) is 33.4. The van der Waals surface area contributed by atoms with Crippen LogP contribution in [0.5, 0.6) is 0 Å². The summed E-state index contributed by atoms with van der Waals surface area (Å²) in [6.45, 7) is 35.1. The molecule has 0 atom stereocenters. The maximum absolute atomic E-state index is 5.43. The molecule has 420 valence electrons. The summed E-state index contributed by atoms with van der Waals surface area (Å²) in [4.78, 5) is 15.9. The third kappa shape index (κ3) is 9.67. The first-order valence-electron chi connectivity index (χ1n) is 29.9. The molecule has 0 spiro atoms. The molecule has 0 N–H and O–H groups in total. The maximum Gasteiger partial charge on any atom is 0.164 e. The molecule has 13 rings (SSSR count). The monoisotopic (exact) mass is 1110 g/mol. The standard InChI is InChI=1S/C81H71N5/c1-15-16-20-50(6)79-82-80(59-21-18-17-19-22-59)84-81(83-79)64-39-65(85-71-41-60(75-51(7)31-46(2)32-52(75)8)23-27-67(71)68-28-24-61(42-72(68)85)76-53(9)33-47(3)34-54(76)10)45-66(40-64)86-73-43-62(77-55(11)35-48(4)36-56(77)12)25-29-69(73)70-30-26-63(44-74(70)86)78-57(13)37-49(5)38-58(78)14/h15-45H,1,6H2,2-5,7-14H3/b20-16-. The van der Waals surface area contributed by atoms with Gasteiger partial charge >= 0.3 is 0 Å². The fraction of sp³-hybridized carbons (Fsp3) is 0.148. The second-order valence-corrected chi connectivity index (χ2v) is 24.2. The van der Waals surface area contributed by atoms with Crippen LogP contribution in [0, 0.1) is 83.1 Å². The van der Waals surface area contributed by atoms with Crippen molar-refractivity contribution in [2.75, 3.05) is 0 Å². The molecule has 0 saturated heterocycles. The summed E-state index contributed by atoms with van der Waals surface area (Å²) in [7, 11) is 0. The van der Waals surface area contributed by atoms with Gasteiger partial charge in [-0.05, 0) is 215 Å². The van der Waals surface area contributed by atoms with E-state index < -0.39 is 0 Å². The van der Waals surface area contributed by atoms with Gasteiger partial charge < -0.3 is 9.13 Å². The predicted molar refractivity (Wildman–Crippen MR) is 366 cm³/mol. The normalized spacial score (nSPS) is 11.8. The van der Waals surface area contributed by atoms with Gasteiger partial charge in [0.2, 0.25) is 0 Å². The Hall–Kier alpha value is -9.97. The third-order valence-electron chi connectivity index (χ3n) is 17.5. The molecule has 0 fully saturated rings. The Balaban J connectivity index is 1.19. The lowest BCUT2D eigenvalue weighted by Crippen LogP contribution is -2.04. The van der Waals surface area contributed by atoms with Gasteiger partial charge in [0.05, 0.1) is 22.1 Å². The van der Waals surface area contributed by atoms with Crippen LogP contribution >= 0.6 is 0 Å². The van der Waals surface area contributed by atoms with E-state index in [1.54, 1.807) is 6.08 Å². The van der Waals surface area contributed by atoms with E-state index in [-0.39, 0.29) is 0 Å². The first-order valence-corrected chi connectivity index (χ1v) is 29.9. The summed E-state index contributed by atoms with van der Waals surface area (Å²) in [6, 6.07) is 63.8. The van der Waals surface area contributed by atoms with Gasteiger partial charge in [0.1, 0.15) is 0 Å². The summed E-state index contributed by atoms with van der Waals surface area (Å²) >= 11 is 0. The van der Waals surface area contributed by atoms with Crippen LogP contribution in [-0.4, -0.2) is 24.1 Å². The van der Waals surface area contributed by atoms with Crippen LogP contribution in [0.1, 0.15) is 72.6 Å². The molecule has 86 heavy (non-hydrogen) atoms. The zero-order valence-electron chi connectivity index (χ0n) is 51.5. The van der Waals surface area contributed by atoms with Crippen molar-refractivity contribution in [1.29, 1.82) is 0 Å². The average Bonchev–Trinajstić information content (AvgIpc) is 1.65. The Morgan fingerprint density at radius 2 is 0.651 bits per heavy atom. The first-order chi connectivity index (χ1) is 41.4. The van der Waals surface area contributed by atoms with Crippen molar-refractivity contribution in [2.24, 2.45) is 0 Å². The Morgan fingerprint density at radius 1 is 0.337 bits per heavy atom. The number of allylic oxidation sites excluding steroid dienone is 4. The SMILES string of the molecule is C=C/C=C\C(=C)c1nc(-c2ccccc2)nc(-c2cc(-n3c4cc(-c5c(C)cc(C)cc5C)ccc4c4ccc(-c5c(C)cc(C)cc5C)cc43)cc(-n3c4cc(-c5c(C)cc(C)cc5C)ccc4c4ccc(-c5c(C)cc(C)cc5C)cc43)c2)n1. The highest BCUT2D eigenvalue weighted by Gasteiger charge is 2.24. The van der Waals surface area contributed by atoms with E-state index in [1.807, 2.05) is 30.4 Å². The zero-order valence-corrected chi connectivity index (χ0v) is 51.5. The molecule has 0 aliphatic rings. The molecule has 5 heteroatoms. The summed E-state index contributed by atoms with van der Waals surface area (Å²) in [6.07, 6.45) is 5.53. The minimum atomic E-state index is 0.483. The highest BCUT2D eigenvalue weighted by molar-refractivity contribution is 6.13. The number of hydrogen-bond donors (Lipinski definition) is 0. The maximum atomic E-state index is 5.43. The molecule has 5 nitrogen and oxygen atoms in total. The van der Waals surface area contributed by atoms with Gasteiger partial charge in [0.25, 0.3) is 0 Å². The average molecular weight is 1110 g/mol. The van der Waals surface area contributed by atoms with E-state index in [2.05, 4.69) is 257 Å². The molecular formula is C81H71N5. The van der Waals surface area contributed by atoms with Crippen LogP contribution in [-0.2, 0) is 0 Å². The van der Waals surface area contributed by atoms with E-state index in [0.717, 1.165) is 44.6 Å². The fourth-order valence-corrected chi connectivity index (χ4v) is 14.4. The van der Waals surface area contributed by atoms with Crippen LogP contribution in [0.15, 0.2) is 201 Å². The minimum Gasteiger partial charge on any atom is -0.309 e. The van der Waals surface area contributed by atoms with Gasteiger partial charge in [-0.15, -0.1) is 0 Å². The zero-order chi connectivity index (χ0) is 60.0. The van der Waals surface area contributed by atoms with Crippen molar-refractivity contribution in [3.63, 3.8) is 0 Å². The molecule has 0 bridgehead atoms. The third-order valence-corrected chi connectivity index (χ3v) is 17.5. The Labute approximate surface area is 506 Å².